The summed E-state index contributed by atoms with van der Waals surface area (Å²) in [5.41, 5.74) is 1.31. The molecular formula is C26H31FN2O4S. The molecule has 1 unspecified atom stereocenters. The van der Waals surface area contributed by atoms with E-state index in [-0.39, 0.29) is 5.92 Å². The molecule has 34 heavy (non-hydrogen) atoms. The lowest BCUT2D eigenvalue weighted by Crippen LogP contribution is -2.44. The Hall–Kier alpha value is -2.58. The number of methoxy groups -OCH3 is 1. The minimum atomic E-state index is -1.18. The topological polar surface area (TPSA) is 75.8 Å². The van der Waals surface area contributed by atoms with Crippen LogP contribution >= 0.6 is 11.8 Å². The van der Waals surface area contributed by atoms with Gasteiger partial charge in [0.15, 0.2) is 5.09 Å². The molecule has 8 heteroatoms. The fraction of sp³-hybridized carbons (Fsp3) is 0.462. The van der Waals surface area contributed by atoms with Crippen LogP contribution in [-0.2, 0) is 4.79 Å². The van der Waals surface area contributed by atoms with Gasteiger partial charge in [0.25, 0.3) is 0 Å². The van der Waals surface area contributed by atoms with Crippen molar-refractivity contribution in [2.24, 2.45) is 11.8 Å². The number of hydrogen-bond acceptors (Lipinski definition) is 6. The van der Waals surface area contributed by atoms with Gasteiger partial charge in [-0.15, -0.1) is 0 Å². The van der Waals surface area contributed by atoms with Crippen molar-refractivity contribution in [2.45, 2.75) is 36.9 Å². The highest BCUT2D eigenvalue weighted by molar-refractivity contribution is 7.99. The summed E-state index contributed by atoms with van der Waals surface area (Å²) >= 11 is 1.67. The first-order chi connectivity index (χ1) is 16.5. The highest BCUT2D eigenvalue weighted by Crippen LogP contribution is 2.35. The van der Waals surface area contributed by atoms with Gasteiger partial charge in [0.2, 0.25) is 0 Å². The predicted molar refractivity (Wildman–Crippen MR) is 131 cm³/mol. The van der Waals surface area contributed by atoms with Crippen molar-refractivity contribution in [1.29, 1.82) is 0 Å². The Bertz CT molecular complexity index is 1080. The van der Waals surface area contributed by atoms with Crippen molar-refractivity contribution in [3.05, 3.63) is 54.4 Å². The molecule has 4 rings (SSSR count). The summed E-state index contributed by atoms with van der Waals surface area (Å²) in [7, 11) is 1.58. The van der Waals surface area contributed by atoms with Crippen molar-refractivity contribution in [2.75, 3.05) is 32.5 Å². The molecule has 1 aliphatic heterocycles. The third-order valence-electron chi connectivity index (χ3n) is 6.63. The van der Waals surface area contributed by atoms with Crippen LogP contribution in [0.5, 0.6) is 5.75 Å². The maximum absolute atomic E-state index is 15.3. The van der Waals surface area contributed by atoms with Crippen molar-refractivity contribution in [3.8, 4) is 5.75 Å². The van der Waals surface area contributed by atoms with Crippen LogP contribution in [0.15, 0.2) is 58.4 Å². The highest BCUT2D eigenvalue weighted by atomic mass is 32.2. The molecule has 182 valence electrons. The van der Waals surface area contributed by atoms with E-state index in [0.717, 1.165) is 47.7 Å². The lowest BCUT2D eigenvalue weighted by atomic mass is 9.81. The molecule has 0 amide bonds. The van der Waals surface area contributed by atoms with E-state index in [2.05, 4.69) is 9.88 Å². The number of ether oxygens (including phenoxy) is 1. The van der Waals surface area contributed by atoms with Gasteiger partial charge in [-0.05, 0) is 86.7 Å². The second-order valence-corrected chi connectivity index (χ2v) is 9.86. The fourth-order valence-electron chi connectivity index (χ4n) is 4.77. The highest BCUT2D eigenvalue weighted by Gasteiger charge is 2.34. The lowest BCUT2D eigenvalue weighted by Gasteiger charge is -2.36. The number of alkyl halides is 1. The largest absolute Gasteiger partial charge is 0.497 e. The van der Waals surface area contributed by atoms with Gasteiger partial charge in [0.05, 0.1) is 24.8 Å². The molecule has 0 aliphatic carbocycles. The number of nitrogens with zero attached hydrogens (tertiary/aromatic N) is 2. The molecule has 1 N–H and O–H groups in total. The van der Waals surface area contributed by atoms with Gasteiger partial charge in [-0.3, -0.25) is 9.78 Å². The third kappa shape index (κ3) is 6.10. The van der Waals surface area contributed by atoms with Gasteiger partial charge in [0.1, 0.15) is 11.9 Å². The fourth-order valence-corrected chi connectivity index (χ4v) is 5.54. The van der Waals surface area contributed by atoms with E-state index in [0.29, 0.717) is 30.7 Å². The standard InChI is InChI=1S/C26H31FN2O4S/c1-32-19-6-8-24-21(16-19)20(9-11-28-24)23(27)7-5-18-10-13-29(17-22(18)26(30)31)12-3-15-34-25-4-2-14-33-25/h2,4,6,8-9,11,14,16,18,22-23H,3,5,7,10,12-13,15,17H2,1H3,(H,30,31)/t18-,22+,23?/m1/s1. The Balaban J connectivity index is 1.31. The number of carboxylic acid groups (broad SMARTS) is 1. The minimum Gasteiger partial charge on any atom is -0.497 e. The van der Waals surface area contributed by atoms with Crippen molar-refractivity contribution in [3.63, 3.8) is 0 Å². The van der Waals surface area contributed by atoms with Crippen LogP contribution < -0.4 is 4.74 Å². The van der Waals surface area contributed by atoms with E-state index in [9.17, 15) is 9.90 Å². The second-order valence-electron chi connectivity index (χ2n) is 8.76. The summed E-state index contributed by atoms with van der Waals surface area (Å²) in [6.45, 7) is 2.24. The van der Waals surface area contributed by atoms with Gasteiger partial charge in [0, 0.05) is 23.9 Å². The maximum Gasteiger partial charge on any atom is 0.308 e. The van der Waals surface area contributed by atoms with Crippen LogP contribution in [0.3, 0.4) is 0 Å². The number of furan rings is 1. The smallest absolute Gasteiger partial charge is 0.308 e. The number of likely N-dealkylation sites (tertiary alicyclic amines) is 1. The second kappa shape index (κ2) is 11.7. The van der Waals surface area contributed by atoms with Crippen molar-refractivity contribution >= 4 is 28.6 Å². The molecule has 0 saturated carbocycles. The maximum atomic E-state index is 15.3. The first kappa shape index (κ1) is 24.5. The first-order valence-electron chi connectivity index (χ1n) is 11.7. The van der Waals surface area contributed by atoms with Crippen LogP contribution in [0.4, 0.5) is 4.39 Å². The van der Waals surface area contributed by atoms with Crippen molar-refractivity contribution in [1.82, 2.24) is 9.88 Å². The molecule has 3 aromatic rings. The van der Waals surface area contributed by atoms with Crippen molar-refractivity contribution < 1.29 is 23.4 Å². The number of thioether (sulfide) groups is 1. The summed E-state index contributed by atoms with van der Waals surface area (Å²) in [6, 6.07) is 11.0. The van der Waals surface area contributed by atoms with Gasteiger partial charge < -0.3 is 19.2 Å². The number of piperidine rings is 1. The molecule has 2 aromatic heterocycles. The molecule has 1 aliphatic rings. The molecule has 1 saturated heterocycles. The first-order valence-corrected chi connectivity index (χ1v) is 12.7. The number of halogens is 1. The van der Waals surface area contributed by atoms with Gasteiger partial charge in [-0.25, -0.2) is 4.39 Å². The average Bonchev–Trinajstić information content (AvgIpc) is 3.38. The van der Waals surface area contributed by atoms with Crippen LogP contribution in [0, 0.1) is 11.8 Å². The Morgan fingerprint density at radius 1 is 1.38 bits per heavy atom. The number of benzene rings is 1. The predicted octanol–water partition coefficient (Wildman–Crippen LogP) is 5.83. The Kier molecular flexibility index (Phi) is 8.45. The Labute approximate surface area is 203 Å². The van der Waals surface area contributed by atoms with Crippen LogP contribution in [-0.4, -0.2) is 53.5 Å². The van der Waals surface area contributed by atoms with Gasteiger partial charge in [-0.2, -0.15) is 0 Å². The number of pyridine rings is 1. The summed E-state index contributed by atoms with van der Waals surface area (Å²) in [5, 5.41) is 11.5. The molecule has 0 bridgehead atoms. The summed E-state index contributed by atoms with van der Waals surface area (Å²) in [6.07, 6.45) is 4.70. The summed E-state index contributed by atoms with van der Waals surface area (Å²) in [5.74, 6) is 0.323. The molecule has 3 heterocycles. The summed E-state index contributed by atoms with van der Waals surface area (Å²) in [4.78, 5) is 18.6. The van der Waals surface area contributed by atoms with Gasteiger partial charge >= 0.3 is 5.97 Å². The third-order valence-corrected chi connectivity index (χ3v) is 7.64. The minimum absolute atomic E-state index is 0.0212. The van der Waals surface area contributed by atoms with E-state index in [4.69, 9.17) is 9.15 Å². The molecule has 3 atom stereocenters. The number of carbonyl (C=O) groups is 1. The molecule has 6 nitrogen and oxygen atoms in total. The number of aromatic nitrogens is 1. The normalized spacial score (nSPS) is 19.8. The summed E-state index contributed by atoms with van der Waals surface area (Å²) < 4.78 is 26.0. The van der Waals surface area contributed by atoms with Crippen LogP contribution in [0.2, 0.25) is 0 Å². The number of rotatable bonds is 11. The number of fused-ring (bicyclic) bond motifs is 1. The monoisotopic (exact) mass is 486 g/mol. The average molecular weight is 487 g/mol. The SMILES string of the molecule is COc1ccc2nccc(C(F)CC[C@@H]3CCN(CCCSc4ccco4)C[C@@H]3C(=O)O)c2c1. The zero-order valence-corrected chi connectivity index (χ0v) is 20.2. The van der Waals surface area contributed by atoms with E-state index < -0.39 is 18.1 Å². The van der Waals surface area contributed by atoms with E-state index in [1.807, 2.05) is 30.3 Å². The number of carboxylic acids is 1. The van der Waals surface area contributed by atoms with E-state index >= 15 is 4.39 Å². The zero-order chi connectivity index (χ0) is 23.9. The van der Waals surface area contributed by atoms with Crippen LogP contribution in [0.25, 0.3) is 10.9 Å². The van der Waals surface area contributed by atoms with Crippen LogP contribution in [0.1, 0.15) is 37.4 Å². The molecule has 0 spiro atoms. The molecule has 0 radical (unpaired) electrons. The van der Waals surface area contributed by atoms with Gasteiger partial charge in [-0.1, -0.05) is 11.8 Å². The Morgan fingerprint density at radius 3 is 3.03 bits per heavy atom. The van der Waals surface area contributed by atoms with E-state index in [1.54, 1.807) is 37.4 Å². The zero-order valence-electron chi connectivity index (χ0n) is 19.4. The molecule has 1 aromatic carbocycles. The lowest BCUT2D eigenvalue weighted by molar-refractivity contribution is -0.146. The Morgan fingerprint density at radius 2 is 2.26 bits per heavy atom. The molecule has 1 fully saturated rings. The molecular weight excluding hydrogens is 455 g/mol. The number of aliphatic carboxylic acids is 1. The van der Waals surface area contributed by atoms with E-state index in [1.165, 1.54) is 0 Å². The quantitative estimate of drug-likeness (QED) is 0.270. The number of hydrogen-bond donors (Lipinski definition) is 1.